The normalized spacial score (nSPS) is 10.4. The second-order valence-electron chi connectivity index (χ2n) is 1.81. The molecule has 0 aliphatic rings. The lowest BCUT2D eigenvalue weighted by Crippen LogP contribution is -1.73. The van der Waals surface area contributed by atoms with Crippen LogP contribution in [0.15, 0.2) is 22.0 Å². The van der Waals surface area contributed by atoms with Gasteiger partial charge in [0.1, 0.15) is 10.7 Å². The van der Waals surface area contributed by atoms with Gasteiger partial charge in [-0.3, -0.25) is 5.10 Å². The molecule has 0 amide bonds. The van der Waals surface area contributed by atoms with E-state index in [0.717, 1.165) is 4.34 Å². The molecule has 2 aromatic rings. The second-order valence-corrected chi connectivity index (χ2v) is 4.69. The van der Waals surface area contributed by atoms with Crippen LogP contribution in [-0.2, 0) is 0 Å². The van der Waals surface area contributed by atoms with Crippen molar-refractivity contribution in [1.29, 1.82) is 0 Å². The Morgan fingerprint density at radius 2 is 2.42 bits per heavy atom. The van der Waals surface area contributed by atoms with Crippen molar-refractivity contribution >= 4 is 34.7 Å². The molecular formula is C5H3ClN4S2. The van der Waals surface area contributed by atoms with E-state index in [0.29, 0.717) is 9.49 Å². The number of hydrogen-bond acceptors (Lipinski definition) is 5. The van der Waals surface area contributed by atoms with Crippen LogP contribution < -0.4 is 0 Å². The predicted molar refractivity (Wildman–Crippen MR) is 47.6 cm³/mol. The number of thiazole rings is 1. The summed E-state index contributed by atoms with van der Waals surface area (Å²) in [6.45, 7) is 0. The predicted octanol–water partition coefficient (Wildman–Crippen LogP) is 2.07. The summed E-state index contributed by atoms with van der Waals surface area (Å²) in [5.41, 5.74) is 0. The smallest absolute Gasteiger partial charge is 0.215 e. The zero-order valence-electron chi connectivity index (χ0n) is 5.69. The Morgan fingerprint density at radius 1 is 1.50 bits per heavy atom. The highest BCUT2D eigenvalue weighted by molar-refractivity contribution is 8.00. The first-order valence-electron chi connectivity index (χ1n) is 2.99. The molecule has 0 spiro atoms. The van der Waals surface area contributed by atoms with Crippen molar-refractivity contribution in [3.8, 4) is 0 Å². The van der Waals surface area contributed by atoms with E-state index in [1.54, 1.807) is 6.20 Å². The van der Waals surface area contributed by atoms with Gasteiger partial charge in [0.2, 0.25) is 5.16 Å². The average Bonchev–Trinajstić information content (AvgIpc) is 2.63. The van der Waals surface area contributed by atoms with Gasteiger partial charge >= 0.3 is 0 Å². The molecule has 0 fully saturated rings. The highest BCUT2D eigenvalue weighted by Crippen LogP contribution is 2.30. The molecule has 0 aliphatic carbocycles. The number of hydrogen-bond donors (Lipinski definition) is 1. The van der Waals surface area contributed by atoms with Crippen LogP contribution in [0, 0.1) is 0 Å². The van der Waals surface area contributed by atoms with Gasteiger partial charge in [-0.2, -0.15) is 0 Å². The van der Waals surface area contributed by atoms with Crippen LogP contribution in [0.2, 0.25) is 4.34 Å². The van der Waals surface area contributed by atoms with Crippen LogP contribution >= 0.6 is 34.7 Å². The fraction of sp³-hybridized carbons (Fsp3) is 0. The second kappa shape index (κ2) is 3.42. The van der Waals surface area contributed by atoms with Crippen LogP contribution in [0.3, 0.4) is 0 Å². The van der Waals surface area contributed by atoms with Crippen LogP contribution in [0.1, 0.15) is 0 Å². The third-order valence-electron chi connectivity index (χ3n) is 1.03. The Bertz CT molecular complexity index is 357. The maximum absolute atomic E-state index is 5.69. The van der Waals surface area contributed by atoms with Crippen molar-refractivity contribution in [2.45, 2.75) is 9.50 Å². The first kappa shape index (κ1) is 8.03. The number of rotatable bonds is 2. The molecular weight excluding hydrogens is 216 g/mol. The van der Waals surface area contributed by atoms with Crippen molar-refractivity contribution in [2.75, 3.05) is 0 Å². The first-order valence-corrected chi connectivity index (χ1v) is 5.00. The van der Waals surface area contributed by atoms with Gasteiger partial charge in [-0.15, -0.1) is 5.10 Å². The molecule has 62 valence electrons. The number of aromatic amines is 1. The lowest BCUT2D eigenvalue weighted by molar-refractivity contribution is 0.972. The van der Waals surface area contributed by atoms with E-state index >= 15 is 0 Å². The molecule has 0 bridgehead atoms. The molecule has 2 heterocycles. The van der Waals surface area contributed by atoms with Crippen molar-refractivity contribution in [1.82, 2.24) is 20.2 Å². The van der Waals surface area contributed by atoms with Gasteiger partial charge in [-0.1, -0.05) is 22.9 Å². The van der Waals surface area contributed by atoms with Gasteiger partial charge in [0.25, 0.3) is 0 Å². The minimum absolute atomic E-state index is 0.654. The number of nitrogens with one attached hydrogen (secondary N) is 1. The van der Waals surface area contributed by atoms with Gasteiger partial charge in [0.15, 0.2) is 4.34 Å². The van der Waals surface area contributed by atoms with Gasteiger partial charge < -0.3 is 0 Å². The van der Waals surface area contributed by atoms with Crippen molar-refractivity contribution < 1.29 is 0 Å². The zero-order valence-corrected chi connectivity index (χ0v) is 8.08. The zero-order chi connectivity index (χ0) is 8.39. The summed E-state index contributed by atoms with van der Waals surface area (Å²) >= 11 is 8.49. The molecule has 12 heavy (non-hydrogen) atoms. The third-order valence-corrected chi connectivity index (χ3v) is 3.10. The topological polar surface area (TPSA) is 54.5 Å². The molecule has 4 nitrogen and oxygen atoms in total. The lowest BCUT2D eigenvalue weighted by Gasteiger charge is -1.85. The molecule has 0 aliphatic heterocycles. The molecule has 0 radical (unpaired) electrons. The van der Waals surface area contributed by atoms with Gasteiger partial charge in [0, 0.05) is 0 Å². The summed E-state index contributed by atoms with van der Waals surface area (Å²) in [5.74, 6) is 0. The van der Waals surface area contributed by atoms with Crippen LogP contribution in [0.4, 0.5) is 0 Å². The summed E-state index contributed by atoms with van der Waals surface area (Å²) in [7, 11) is 0. The van der Waals surface area contributed by atoms with Gasteiger partial charge in [0.05, 0.1) is 6.20 Å². The van der Waals surface area contributed by atoms with E-state index < -0.39 is 0 Å². The summed E-state index contributed by atoms with van der Waals surface area (Å²) in [5, 5.41) is 7.14. The summed E-state index contributed by atoms with van der Waals surface area (Å²) < 4.78 is 1.52. The molecule has 0 aromatic carbocycles. The highest BCUT2D eigenvalue weighted by Gasteiger charge is 2.04. The van der Waals surface area contributed by atoms with Crippen LogP contribution in [-0.4, -0.2) is 20.2 Å². The average molecular weight is 219 g/mol. The number of halogens is 1. The van der Waals surface area contributed by atoms with Gasteiger partial charge in [-0.05, 0) is 11.8 Å². The first-order chi connectivity index (χ1) is 5.84. The van der Waals surface area contributed by atoms with Crippen LogP contribution in [0.25, 0.3) is 0 Å². The Hall–Kier alpha value is -0.590. The van der Waals surface area contributed by atoms with E-state index in [-0.39, 0.29) is 0 Å². The minimum Gasteiger partial charge on any atom is -0.265 e. The van der Waals surface area contributed by atoms with E-state index in [1.807, 2.05) is 0 Å². The van der Waals surface area contributed by atoms with Crippen molar-refractivity contribution in [2.24, 2.45) is 0 Å². The Morgan fingerprint density at radius 3 is 3.00 bits per heavy atom. The monoisotopic (exact) mass is 218 g/mol. The fourth-order valence-electron chi connectivity index (χ4n) is 0.611. The molecule has 2 rings (SSSR count). The number of H-pyrrole nitrogens is 1. The van der Waals surface area contributed by atoms with E-state index in [4.69, 9.17) is 11.6 Å². The summed E-state index contributed by atoms with van der Waals surface area (Å²) in [6, 6.07) is 0. The quantitative estimate of drug-likeness (QED) is 0.839. The summed E-state index contributed by atoms with van der Waals surface area (Å²) in [6.07, 6.45) is 3.14. The SMILES string of the molecule is Clc1cnc(Sc2nc[nH]n2)s1. The molecule has 0 saturated heterocycles. The molecule has 2 aromatic heterocycles. The standard InChI is InChI=1S/C5H3ClN4S2/c6-3-1-7-5(11-3)12-4-8-2-9-10-4/h1-2H,(H,8,9,10). The van der Waals surface area contributed by atoms with Crippen molar-refractivity contribution in [3.63, 3.8) is 0 Å². The molecule has 1 N–H and O–H groups in total. The Kier molecular flexibility index (Phi) is 2.29. The van der Waals surface area contributed by atoms with E-state index in [2.05, 4.69) is 20.2 Å². The molecule has 7 heteroatoms. The Balaban J connectivity index is 2.14. The van der Waals surface area contributed by atoms with E-state index in [1.165, 1.54) is 29.4 Å². The highest BCUT2D eigenvalue weighted by atomic mass is 35.5. The maximum Gasteiger partial charge on any atom is 0.215 e. The van der Waals surface area contributed by atoms with E-state index in [9.17, 15) is 0 Å². The fourth-order valence-corrected chi connectivity index (χ4v) is 2.52. The van der Waals surface area contributed by atoms with Crippen LogP contribution in [0.5, 0.6) is 0 Å². The maximum atomic E-state index is 5.69. The molecule has 0 atom stereocenters. The third kappa shape index (κ3) is 1.77. The summed E-state index contributed by atoms with van der Waals surface area (Å²) in [4.78, 5) is 7.99. The molecule has 0 saturated carbocycles. The Labute approximate surface area is 81.4 Å². The molecule has 0 unspecified atom stereocenters. The minimum atomic E-state index is 0.654. The lowest BCUT2D eigenvalue weighted by atomic mass is 11.0. The van der Waals surface area contributed by atoms with Gasteiger partial charge in [-0.25, -0.2) is 9.97 Å². The number of aromatic nitrogens is 4. The largest absolute Gasteiger partial charge is 0.265 e. The van der Waals surface area contributed by atoms with Crippen molar-refractivity contribution in [3.05, 3.63) is 16.9 Å². The number of nitrogens with zero attached hydrogens (tertiary/aromatic N) is 3.